The smallest absolute Gasteiger partial charge is 0.123 e. The number of likely N-dealkylation sites (N-methyl/N-ethyl adjacent to an activating group) is 1. The van der Waals surface area contributed by atoms with Crippen LogP contribution in [-0.2, 0) is 13.0 Å². The fourth-order valence-electron chi connectivity index (χ4n) is 3.38. The number of ether oxygens (including phenoxy) is 1. The first-order chi connectivity index (χ1) is 12.6. The Balaban J connectivity index is 1.56. The SMILES string of the molecule is Cc1ccccc1COc1ccc(Br)cc1CCCN1CCN(C)CC1. The summed E-state index contributed by atoms with van der Waals surface area (Å²) in [5, 5.41) is 0. The van der Waals surface area contributed by atoms with Crippen LogP contribution in [0.3, 0.4) is 0 Å². The molecule has 0 spiro atoms. The van der Waals surface area contributed by atoms with Gasteiger partial charge in [-0.05, 0) is 68.2 Å². The topological polar surface area (TPSA) is 15.7 Å². The minimum Gasteiger partial charge on any atom is -0.489 e. The number of benzene rings is 2. The van der Waals surface area contributed by atoms with Crippen LogP contribution >= 0.6 is 15.9 Å². The first kappa shape index (κ1) is 19.4. The maximum atomic E-state index is 6.17. The maximum Gasteiger partial charge on any atom is 0.123 e. The average molecular weight is 417 g/mol. The maximum absolute atomic E-state index is 6.17. The molecule has 0 aromatic heterocycles. The van der Waals surface area contributed by atoms with E-state index in [2.05, 4.69) is 82.2 Å². The number of piperazine rings is 1. The van der Waals surface area contributed by atoms with Crippen molar-refractivity contribution in [2.75, 3.05) is 39.8 Å². The first-order valence-corrected chi connectivity index (χ1v) is 10.3. The van der Waals surface area contributed by atoms with Gasteiger partial charge in [0.1, 0.15) is 12.4 Å². The van der Waals surface area contributed by atoms with Crippen molar-refractivity contribution in [1.82, 2.24) is 9.80 Å². The van der Waals surface area contributed by atoms with E-state index in [0.29, 0.717) is 6.61 Å². The molecule has 3 rings (SSSR count). The van der Waals surface area contributed by atoms with Crippen molar-refractivity contribution in [2.24, 2.45) is 0 Å². The zero-order valence-corrected chi connectivity index (χ0v) is 17.5. The Morgan fingerprint density at radius 1 is 1.00 bits per heavy atom. The van der Waals surface area contributed by atoms with E-state index >= 15 is 0 Å². The predicted molar refractivity (Wildman–Crippen MR) is 112 cm³/mol. The lowest BCUT2D eigenvalue weighted by Gasteiger charge is -2.32. The summed E-state index contributed by atoms with van der Waals surface area (Å²) in [5.41, 5.74) is 3.82. The molecule has 2 aromatic rings. The molecule has 140 valence electrons. The van der Waals surface area contributed by atoms with E-state index in [1.165, 1.54) is 49.3 Å². The van der Waals surface area contributed by atoms with E-state index < -0.39 is 0 Å². The molecule has 2 aromatic carbocycles. The Morgan fingerprint density at radius 2 is 1.77 bits per heavy atom. The summed E-state index contributed by atoms with van der Waals surface area (Å²) in [6.07, 6.45) is 2.22. The summed E-state index contributed by atoms with van der Waals surface area (Å²) >= 11 is 3.61. The minimum atomic E-state index is 0.625. The average Bonchev–Trinajstić information content (AvgIpc) is 2.64. The van der Waals surface area contributed by atoms with Gasteiger partial charge in [0.05, 0.1) is 0 Å². The predicted octanol–water partition coefficient (Wildman–Crippen LogP) is 4.52. The van der Waals surface area contributed by atoms with Gasteiger partial charge in [-0.3, -0.25) is 0 Å². The van der Waals surface area contributed by atoms with Crippen molar-refractivity contribution < 1.29 is 4.74 Å². The van der Waals surface area contributed by atoms with Crippen molar-refractivity contribution >= 4 is 15.9 Å². The van der Waals surface area contributed by atoms with Gasteiger partial charge in [0.2, 0.25) is 0 Å². The quantitative estimate of drug-likeness (QED) is 0.659. The molecule has 0 atom stereocenters. The van der Waals surface area contributed by atoms with E-state index in [9.17, 15) is 0 Å². The van der Waals surface area contributed by atoms with E-state index in [-0.39, 0.29) is 0 Å². The zero-order chi connectivity index (χ0) is 18.4. The van der Waals surface area contributed by atoms with Crippen LogP contribution in [0, 0.1) is 6.92 Å². The molecule has 26 heavy (non-hydrogen) atoms. The third kappa shape index (κ3) is 5.57. The molecule has 0 bridgehead atoms. The lowest BCUT2D eigenvalue weighted by atomic mass is 10.1. The Kier molecular flexibility index (Phi) is 7.12. The lowest BCUT2D eigenvalue weighted by Crippen LogP contribution is -2.44. The summed E-state index contributed by atoms with van der Waals surface area (Å²) in [5.74, 6) is 1.01. The molecular weight excluding hydrogens is 388 g/mol. The number of aryl methyl sites for hydroxylation is 2. The molecule has 1 aliphatic rings. The molecule has 1 saturated heterocycles. The van der Waals surface area contributed by atoms with Crippen LogP contribution in [0.25, 0.3) is 0 Å². The third-order valence-electron chi connectivity index (χ3n) is 5.18. The number of rotatable bonds is 7. The molecule has 0 unspecified atom stereocenters. The second kappa shape index (κ2) is 9.54. The molecule has 3 nitrogen and oxygen atoms in total. The molecule has 1 heterocycles. The largest absolute Gasteiger partial charge is 0.489 e. The summed E-state index contributed by atoms with van der Waals surface area (Å²) in [6.45, 7) is 8.66. The Labute approximate surface area is 166 Å². The molecule has 0 radical (unpaired) electrons. The molecule has 0 saturated carbocycles. The lowest BCUT2D eigenvalue weighted by molar-refractivity contribution is 0.153. The summed E-state index contributed by atoms with van der Waals surface area (Å²) in [4.78, 5) is 4.98. The standard InChI is InChI=1S/C22H29BrN2O/c1-18-6-3-4-7-20(18)17-26-22-10-9-21(23)16-19(22)8-5-11-25-14-12-24(2)13-15-25/h3-4,6-7,9-10,16H,5,8,11-15,17H2,1-2H3. The van der Waals surface area contributed by atoms with Gasteiger partial charge in [0.15, 0.2) is 0 Å². The van der Waals surface area contributed by atoms with E-state index in [1.54, 1.807) is 0 Å². The van der Waals surface area contributed by atoms with Crippen molar-refractivity contribution in [3.8, 4) is 5.75 Å². The summed E-state index contributed by atoms with van der Waals surface area (Å²) in [7, 11) is 2.21. The highest BCUT2D eigenvalue weighted by Crippen LogP contribution is 2.26. The van der Waals surface area contributed by atoms with Crippen molar-refractivity contribution in [3.63, 3.8) is 0 Å². The number of hydrogen-bond donors (Lipinski definition) is 0. The van der Waals surface area contributed by atoms with Gasteiger partial charge < -0.3 is 14.5 Å². The van der Waals surface area contributed by atoms with E-state index in [0.717, 1.165) is 23.2 Å². The minimum absolute atomic E-state index is 0.625. The highest BCUT2D eigenvalue weighted by atomic mass is 79.9. The molecular formula is C22H29BrN2O. The van der Waals surface area contributed by atoms with Crippen LogP contribution in [0.2, 0.25) is 0 Å². The van der Waals surface area contributed by atoms with Gasteiger partial charge in [0, 0.05) is 30.7 Å². The third-order valence-corrected chi connectivity index (χ3v) is 5.68. The summed E-state index contributed by atoms with van der Waals surface area (Å²) in [6, 6.07) is 14.8. The fraction of sp³-hybridized carbons (Fsp3) is 0.455. The highest BCUT2D eigenvalue weighted by Gasteiger charge is 2.13. The van der Waals surface area contributed by atoms with Gasteiger partial charge in [-0.25, -0.2) is 0 Å². The van der Waals surface area contributed by atoms with Crippen LogP contribution in [-0.4, -0.2) is 49.6 Å². The Bertz CT molecular complexity index is 711. The molecule has 0 aliphatic carbocycles. The van der Waals surface area contributed by atoms with Crippen LogP contribution in [0.1, 0.15) is 23.1 Å². The van der Waals surface area contributed by atoms with Crippen molar-refractivity contribution in [2.45, 2.75) is 26.4 Å². The van der Waals surface area contributed by atoms with Crippen molar-refractivity contribution in [1.29, 1.82) is 0 Å². The second-order valence-electron chi connectivity index (χ2n) is 7.22. The molecule has 1 aliphatic heterocycles. The monoisotopic (exact) mass is 416 g/mol. The second-order valence-corrected chi connectivity index (χ2v) is 8.13. The summed E-state index contributed by atoms with van der Waals surface area (Å²) < 4.78 is 7.30. The molecule has 1 fully saturated rings. The van der Waals surface area contributed by atoms with Gasteiger partial charge in [0.25, 0.3) is 0 Å². The number of hydrogen-bond acceptors (Lipinski definition) is 3. The molecule has 4 heteroatoms. The zero-order valence-electron chi connectivity index (χ0n) is 15.9. The highest BCUT2D eigenvalue weighted by molar-refractivity contribution is 9.10. The van der Waals surface area contributed by atoms with Gasteiger partial charge >= 0.3 is 0 Å². The first-order valence-electron chi connectivity index (χ1n) is 9.48. The van der Waals surface area contributed by atoms with Crippen LogP contribution in [0.15, 0.2) is 46.9 Å². The molecule has 0 N–H and O–H groups in total. The van der Waals surface area contributed by atoms with Gasteiger partial charge in [-0.2, -0.15) is 0 Å². The normalized spacial score (nSPS) is 16.0. The Hall–Kier alpha value is -1.36. The van der Waals surface area contributed by atoms with Gasteiger partial charge in [-0.15, -0.1) is 0 Å². The van der Waals surface area contributed by atoms with E-state index in [1.807, 2.05) is 0 Å². The number of nitrogens with zero attached hydrogens (tertiary/aromatic N) is 2. The Morgan fingerprint density at radius 3 is 2.54 bits per heavy atom. The van der Waals surface area contributed by atoms with Crippen LogP contribution < -0.4 is 4.74 Å². The van der Waals surface area contributed by atoms with Crippen molar-refractivity contribution in [3.05, 3.63) is 63.6 Å². The van der Waals surface area contributed by atoms with E-state index in [4.69, 9.17) is 4.74 Å². The van der Waals surface area contributed by atoms with Gasteiger partial charge in [-0.1, -0.05) is 40.2 Å². The number of halogens is 1. The fourth-order valence-corrected chi connectivity index (χ4v) is 3.78. The molecule has 0 amide bonds. The van der Waals surface area contributed by atoms with Crippen LogP contribution in [0.5, 0.6) is 5.75 Å². The van der Waals surface area contributed by atoms with Crippen LogP contribution in [0.4, 0.5) is 0 Å².